The van der Waals surface area contributed by atoms with Crippen molar-refractivity contribution < 1.29 is 4.79 Å². The van der Waals surface area contributed by atoms with Crippen molar-refractivity contribution >= 4 is 35.0 Å². The molecule has 0 radical (unpaired) electrons. The molecule has 8 heteroatoms. The molecule has 2 heterocycles. The number of carbonyl (C=O) groups excluding carboxylic acids is 1. The van der Waals surface area contributed by atoms with Crippen LogP contribution in [0.15, 0.2) is 41.7 Å². The number of aryl methyl sites for hydroxylation is 1. The number of hydrogen-bond acceptors (Lipinski definition) is 4. The first-order chi connectivity index (χ1) is 12.5. The number of anilines is 1. The van der Waals surface area contributed by atoms with Gasteiger partial charge >= 0.3 is 0 Å². The highest BCUT2D eigenvalue weighted by atomic mass is 35.5. The Balaban J connectivity index is 1.72. The van der Waals surface area contributed by atoms with Gasteiger partial charge in [0.15, 0.2) is 0 Å². The summed E-state index contributed by atoms with van der Waals surface area (Å²) >= 11 is 7.72. The second-order valence-corrected chi connectivity index (χ2v) is 7.08. The first-order valence-electron chi connectivity index (χ1n) is 8.20. The van der Waals surface area contributed by atoms with Gasteiger partial charge in [-0.25, -0.2) is 0 Å². The van der Waals surface area contributed by atoms with Gasteiger partial charge in [0.2, 0.25) is 0 Å². The van der Waals surface area contributed by atoms with E-state index in [9.17, 15) is 4.79 Å². The second kappa shape index (κ2) is 7.97. The minimum absolute atomic E-state index is 0.250. The largest absolute Gasteiger partial charge is 0.319 e. The zero-order chi connectivity index (χ0) is 18.7. The predicted molar refractivity (Wildman–Crippen MR) is 105 cm³/mol. The van der Waals surface area contributed by atoms with Crippen molar-refractivity contribution in [2.75, 3.05) is 11.6 Å². The molecule has 1 aromatic carbocycles. The van der Waals surface area contributed by atoms with Crippen molar-refractivity contribution in [2.45, 2.75) is 31.8 Å². The molecule has 0 fully saturated rings. The van der Waals surface area contributed by atoms with Crippen LogP contribution < -0.4 is 5.32 Å². The van der Waals surface area contributed by atoms with Gasteiger partial charge < -0.3 is 5.32 Å². The highest BCUT2D eigenvalue weighted by Crippen LogP contribution is 2.24. The Hall–Kier alpha value is -2.25. The van der Waals surface area contributed by atoms with Crippen LogP contribution in [0.3, 0.4) is 0 Å². The molecule has 0 aliphatic carbocycles. The normalized spacial score (nSPS) is 10.9. The van der Waals surface area contributed by atoms with Crippen LogP contribution in [0.5, 0.6) is 0 Å². The number of nitrogens with one attached hydrogen (secondary N) is 1. The summed E-state index contributed by atoms with van der Waals surface area (Å²) in [6.45, 7) is 5.54. The van der Waals surface area contributed by atoms with Gasteiger partial charge in [0.25, 0.3) is 5.91 Å². The number of thioether (sulfide) groups is 1. The Morgan fingerprint density at radius 3 is 2.81 bits per heavy atom. The third-order valence-corrected chi connectivity index (χ3v) is 5.20. The van der Waals surface area contributed by atoms with E-state index in [0.717, 1.165) is 22.7 Å². The fraction of sp³-hybridized carbons (Fsp3) is 0.278. The molecule has 0 spiro atoms. The molecule has 26 heavy (non-hydrogen) atoms. The lowest BCUT2D eigenvalue weighted by Gasteiger charge is -2.06. The second-order valence-electron chi connectivity index (χ2n) is 5.80. The van der Waals surface area contributed by atoms with Crippen LogP contribution in [0.25, 0.3) is 0 Å². The number of halogens is 1. The summed E-state index contributed by atoms with van der Waals surface area (Å²) in [4.78, 5) is 13.5. The maximum atomic E-state index is 12.5. The molecule has 1 N–H and O–H groups in total. The van der Waals surface area contributed by atoms with E-state index in [0.29, 0.717) is 22.8 Å². The van der Waals surface area contributed by atoms with Crippen molar-refractivity contribution in [3.8, 4) is 0 Å². The number of nitrogens with zero attached hydrogens (tertiary/aromatic N) is 4. The number of rotatable bonds is 6. The minimum atomic E-state index is -0.250. The molecule has 0 saturated carbocycles. The van der Waals surface area contributed by atoms with Crippen molar-refractivity contribution in [2.24, 2.45) is 0 Å². The van der Waals surface area contributed by atoms with Crippen LogP contribution in [0.4, 0.5) is 5.69 Å². The lowest BCUT2D eigenvalue weighted by molar-refractivity contribution is 0.102. The summed E-state index contributed by atoms with van der Waals surface area (Å²) in [6.07, 6.45) is 7.24. The van der Waals surface area contributed by atoms with Gasteiger partial charge in [0.05, 0.1) is 35.2 Å². The first kappa shape index (κ1) is 18.5. The third-order valence-electron chi connectivity index (χ3n) is 4.15. The molecule has 0 unspecified atom stereocenters. The molecular formula is C18H20ClN5OS. The van der Waals surface area contributed by atoms with E-state index in [1.165, 1.54) is 0 Å². The summed E-state index contributed by atoms with van der Waals surface area (Å²) in [5, 5.41) is 11.9. The predicted octanol–water partition coefficient (Wildman–Crippen LogP) is 4.08. The van der Waals surface area contributed by atoms with Crippen LogP contribution in [-0.4, -0.2) is 31.7 Å². The topological polar surface area (TPSA) is 64.7 Å². The van der Waals surface area contributed by atoms with Crippen LogP contribution >= 0.6 is 23.4 Å². The van der Waals surface area contributed by atoms with E-state index in [1.807, 2.05) is 30.1 Å². The minimum Gasteiger partial charge on any atom is -0.319 e. The van der Waals surface area contributed by atoms with Crippen LogP contribution in [0.1, 0.15) is 28.5 Å². The SMILES string of the molecule is CCn1ncc(Cn2cc(NC(=O)c3cc(SC)ccc3Cl)cn2)c1C. The van der Waals surface area contributed by atoms with Gasteiger partial charge in [0, 0.05) is 28.9 Å². The Morgan fingerprint density at radius 2 is 2.12 bits per heavy atom. The lowest BCUT2D eigenvalue weighted by Crippen LogP contribution is -2.12. The van der Waals surface area contributed by atoms with E-state index in [2.05, 4.69) is 22.4 Å². The maximum Gasteiger partial charge on any atom is 0.257 e. The molecule has 0 atom stereocenters. The monoisotopic (exact) mass is 389 g/mol. The highest BCUT2D eigenvalue weighted by Gasteiger charge is 2.13. The molecule has 6 nitrogen and oxygen atoms in total. The molecule has 3 aromatic rings. The zero-order valence-corrected chi connectivity index (χ0v) is 16.4. The summed E-state index contributed by atoms with van der Waals surface area (Å²) in [7, 11) is 0. The fourth-order valence-corrected chi connectivity index (χ4v) is 3.30. The number of hydrogen-bond donors (Lipinski definition) is 1. The quantitative estimate of drug-likeness (QED) is 0.645. The molecule has 0 aliphatic rings. The Bertz CT molecular complexity index is 934. The first-order valence-corrected chi connectivity index (χ1v) is 9.80. The standard InChI is InChI=1S/C18H20ClN5OS/c1-4-24-12(2)13(8-21-24)10-23-11-14(9-20-23)22-18(25)16-7-15(26-3)5-6-17(16)19/h5-9,11H,4,10H2,1-3H3,(H,22,25). The number of carbonyl (C=O) groups is 1. The summed E-state index contributed by atoms with van der Waals surface area (Å²) in [5.74, 6) is -0.250. The Kier molecular flexibility index (Phi) is 5.68. The van der Waals surface area contributed by atoms with Crippen molar-refractivity contribution in [1.82, 2.24) is 19.6 Å². The van der Waals surface area contributed by atoms with E-state index >= 15 is 0 Å². The molecule has 3 rings (SSSR count). The molecule has 1 amide bonds. The molecule has 136 valence electrons. The summed E-state index contributed by atoms with van der Waals surface area (Å²) in [5.41, 5.74) is 3.30. The van der Waals surface area contributed by atoms with Crippen molar-refractivity contribution in [3.05, 3.63) is 58.6 Å². The molecule has 0 saturated heterocycles. The molecular weight excluding hydrogens is 370 g/mol. The highest BCUT2D eigenvalue weighted by molar-refractivity contribution is 7.98. The van der Waals surface area contributed by atoms with Crippen molar-refractivity contribution in [3.63, 3.8) is 0 Å². The maximum absolute atomic E-state index is 12.5. The number of aromatic nitrogens is 4. The fourth-order valence-electron chi connectivity index (χ4n) is 2.65. The Labute approximate surface area is 161 Å². The van der Waals surface area contributed by atoms with E-state index in [4.69, 9.17) is 11.6 Å². The van der Waals surface area contributed by atoms with Gasteiger partial charge in [-0.1, -0.05) is 11.6 Å². The number of benzene rings is 1. The number of amides is 1. The average Bonchev–Trinajstić information content (AvgIpc) is 3.22. The van der Waals surface area contributed by atoms with Crippen LogP contribution in [0.2, 0.25) is 5.02 Å². The smallest absolute Gasteiger partial charge is 0.257 e. The van der Waals surface area contributed by atoms with Gasteiger partial charge in [-0.15, -0.1) is 11.8 Å². The average molecular weight is 390 g/mol. The lowest BCUT2D eigenvalue weighted by atomic mass is 10.2. The van der Waals surface area contributed by atoms with Gasteiger partial charge in [0.1, 0.15) is 0 Å². The van der Waals surface area contributed by atoms with Gasteiger partial charge in [-0.3, -0.25) is 14.2 Å². The molecule has 0 aliphatic heterocycles. The Morgan fingerprint density at radius 1 is 1.31 bits per heavy atom. The summed E-state index contributed by atoms with van der Waals surface area (Å²) in [6, 6.07) is 5.41. The van der Waals surface area contributed by atoms with Gasteiger partial charge in [-0.05, 0) is 38.3 Å². The zero-order valence-electron chi connectivity index (χ0n) is 14.9. The molecule has 2 aromatic heterocycles. The van der Waals surface area contributed by atoms with Gasteiger partial charge in [-0.2, -0.15) is 10.2 Å². The summed E-state index contributed by atoms with van der Waals surface area (Å²) < 4.78 is 3.72. The van der Waals surface area contributed by atoms with E-state index < -0.39 is 0 Å². The third kappa shape index (κ3) is 3.94. The van der Waals surface area contributed by atoms with Crippen LogP contribution in [-0.2, 0) is 13.1 Å². The molecule has 0 bridgehead atoms. The van der Waals surface area contributed by atoms with E-state index in [1.54, 1.807) is 41.0 Å². The van der Waals surface area contributed by atoms with Crippen molar-refractivity contribution in [1.29, 1.82) is 0 Å². The van der Waals surface area contributed by atoms with E-state index in [-0.39, 0.29) is 5.91 Å². The van der Waals surface area contributed by atoms with Crippen LogP contribution in [0, 0.1) is 6.92 Å².